The predicted octanol–water partition coefficient (Wildman–Crippen LogP) is 4.93. The highest BCUT2D eigenvalue weighted by Gasteiger charge is 2.30. The van der Waals surface area contributed by atoms with Crippen LogP contribution in [0.1, 0.15) is 20.9 Å². The van der Waals surface area contributed by atoms with Crippen molar-refractivity contribution >= 4 is 0 Å². The molecule has 0 aliphatic rings. The van der Waals surface area contributed by atoms with E-state index in [-0.39, 0.29) is 18.1 Å². The molecule has 2 aromatic carbocycles. The van der Waals surface area contributed by atoms with Crippen LogP contribution in [0, 0.1) is 6.85 Å². The van der Waals surface area contributed by atoms with E-state index >= 15 is 0 Å². The SMILES string of the molecule is [2H]C([2H])([2H])c1cnc(-c2ccc(C(F)(F)F)cc2)n1Cc1ccccc1OC. The Kier molecular flexibility index (Phi) is 3.58. The molecule has 0 atom stereocenters. The first-order chi connectivity index (χ1) is 13.1. The van der Waals surface area contributed by atoms with Crippen LogP contribution in [0.2, 0.25) is 0 Å². The lowest BCUT2D eigenvalue weighted by molar-refractivity contribution is -0.137. The number of para-hydroxylation sites is 1. The summed E-state index contributed by atoms with van der Waals surface area (Å²) in [5.74, 6) is 0.844. The number of benzene rings is 2. The lowest BCUT2D eigenvalue weighted by Gasteiger charge is -2.14. The second-order valence-corrected chi connectivity index (χ2v) is 5.44. The Labute approximate surface area is 147 Å². The van der Waals surface area contributed by atoms with Gasteiger partial charge in [-0.1, -0.05) is 30.3 Å². The van der Waals surface area contributed by atoms with Crippen molar-refractivity contribution in [3.8, 4) is 17.1 Å². The van der Waals surface area contributed by atoms with Gasteiger partial charge in [0.1, 0.15) is 11.6 Å². The molecule has 0 amide bonds. The van der Waals surface area contributed by atoms with Gasteiger partial charge in [-0.25, -0.2) is 4.98 Å². The molecule has 0 aliphatic heterocycles. The predicted molar refractivity (Wildman–Crippen MR) is 89.5 cm³/mol. The standard InChI is InChI=1S/C19H17F3N2O/c1-13-11-23-18(14-7-9-16(10-8-14)19(20,21)22)24(13)12-15-5-3-4-6-17(15)25-2/h3-11H,12H2,1-2H3/i1D3. The summed E-state index contributed by atoms with van der Waals surface area (Å²) in [6, 6.07) is 11.6. The van der Waals surface area contributed by atoms with Gasteiger partial charge in [0.25, 0.3) is 0 Å². The van der Waals surface area contributed by atoms with E-state index in [9.17, 15) is 13.2 Å². The first-order valence-corrected chi connectivity index (χ1v) is 7.47. The lowest BCUT2D eigenvalue weighted by Crippen LogP contribution is -2.07. The number of nitrogens with zero attached hydrogens (tertiary/aromatic N) is 2. The largest absolute Gasteiger partial charge is 0.496 e. The maximum atomic E-state index is 12.8. The zero-order valence-electron chi connectivity index (χ0n) is 16.3. The third-order valence-electron chi connectivity index (χ3n) is 3.85. The average molecular weight is 349 g/mol. The molecule has 3 rings (SSSR count). The Bertz CT molecular complexity index is 964. The summed E-state index contributed by atoms with van der Waals surface area (Å²) in [7, 11) is 1.51. The van der Waals surface area contributed by atoms with Crippen molar-refractivity contribution in [2.75, 3.05) is 7.11 Å². The van der Waals surface area contributed by atoms with E-state index < -0.39 is 18.6 Å². The number of halogens is 3. The molecule has 0 fully saturated rings. The molecule has 0 spiro atoms. The van der Waals surface area contributed by atoms with Crippen molar-refractivity contribution in [3.05, 3.63) is 71.5 Å². The summed E-state index contributed by atoms with van der Waals surface area (Å²) in [6.45, 7) is -2.28. The van der Waals surface area contributed by atoms with Gasteiger partial charge in [-0.3, -0.25) is 0 Å². The molecule has 0 bridgehead atoms. The minimum absolute atomic E-state index is 0.00620. The number of imidazole rings is 1. The Hall–Kier alpha value is -2.76. The highest BCUT2D eigenvalue weighted by Crippen LogP contribution is 2.31. The first kappa shape index (κ1) is 13.5. The number of hydrogen-bond donors (Lipinski definition) is 0. The number of aromatic nitrogens is 2. The molecule has 3 nitrogen and oxygen atoms in total. The molecular weight excluding hydrogens is 329 g/mol. The highest BCUT2D eigenvalue weighted by molar-refractivity contribution is 5.57. The fourth-order valence-electron chi connectivity index (χ4n) is 2.58. The second kappa shape index (κ2) is 6.63. The van der Waals surface area contributed by atoms with Gasteiger partial charge in [0.05, 0.1) is 19.2 Å². The molecule has 0 unspecified atom stereocenters. The molecule has 0 aliphatic carbocycles. The van der Waals surface area contributed by atoms with Crippen LogP contribution in [0.3, 0.4) is 0 Å². The first-order valence-electron chi connectivity index (χ1n) is 8.97. The number of hydrogen-bond acceptors (Lipinski definition) is 2. The van der Waals surface area contributed by atoms with E-state index in [4.69, 9.17) is 8.85 Å². The molecule has 0 radical (unpaired) electrons. The zero-order valence-corrected chi connectivity index (χ0v) is 13.3. The quantitative estimate of drug-likeness (QED) is 0.667. The molecule has 6 heteroatoms. The lowest BCUT2D eigenvalue weighted by atomic mass is 10.1. The summed E-state index contributed by atoms with van der Waals surface area (Å²) >= 11 is 0. The van der Waals surface area contributed by atoms with Crippen LogP contribution in [0.15, 0.2) is 54.7 Å². The third kappa shape index (κ3) is 3.52. The Morgan fingerprint density at radius 1 is 1.12 bits per heavy atom. The van der Waals surface area contributed by atoms with E-state index in [2.05, 4.69) is 4.98 Å². The molecular formula is C19H17F3N2O. The van der Waals surface area contributed by atoms with Gasteiger partial charge in [0, 0.05) is 27.1 Å². The molecule has 0 saturated heterocycles. The molecule has 0 N–H and O–H groups in total. The van der Waals surface area contributed by atoms with E-state index in [0.29, 0.717) is 11.3 Å². The van der Waals surface area contributed by atoms with Gasteiger partial charge in [-0.2, -0.15) is 13.2 Å². The third-order valence-corrected chi connectivity index (χ3v) is 3.85. The Morgan fingerprint density at radius 2 is 1.84 bits per heavy atom. The Morgan fingerprint density at radius 3 is 2.48 bits per heavy atom. The maximum absolute atomic E-state index is 12.8. The molecule has 130 valence electrons. The maximum Gasteiger partial charge on any atom is 0.416 e. The summed E-state index contributed by atoms with van der Waals surface area (Å²) < 4.78 is 68.6. The average Bonchev–Trinajstić information content (AvgIpc) is 3.05. The molecule has 25 heavy (non-hydrogen) atoms. The van der Waals surface area contributed by atoms with Gasteiger partial charge in [0.15, 0.2) is 0 Å². The molecule has 3 aromatic rings. The monoisotopic (exact) mass is 349 g/mol. The van der Waals surface area contributed by atoms with Crippen LogP contribution >= 0.6 is 0 Å². The number of alkyl halides is 3. The van der Waals surface area contributed by atoms with E-state index in [1.54, 1.807) is 24.3 Å². The van der Waals surface area contributed by atoms with Crippen LogP contribution in [0.5, 0.6) is 5.75 Å². The van der Waals surface area contributed by atoms with Gasteiger partial charge in [-0.15, -0.1) is 0 Å². The molecule has 0 saturated carbocycles. The van der Waals surface area contributed by atoms with E-state index in [0.717, 1.165) is 17.7 Å². The second-order valence-electron chi connectivity index (χ2n) is 5.44. The van der Waals surface area contributed by atoms with Crippen LogP contribution in [0.4, 0.5) is 13.2 Å². The number of aryl methyl sites for hydroxylation is 1. The highest BCUT2D eigenvalue weighted by atomic mass is 19.4. The van der Waals surface area contributed by atoms with Crippen LogP contribution in [-0.2, 0) is 12.7 Å². The van der Waals surface area contributed by atoms with Crippen LogP contribution < -0.4 is 4.74 Å². The number of methoxy groups -OCH3 is 1. The van der Waals surface area contributed by atoms with Crippen molar-refractivity contribution in [1.29, 1.82) is 0 Å². The number of ether oxygens (including phenoxy) is 1. The van der Waals surface area contributed by atoms with E-state index in [1.807, 2.05) is 0 Å². The van der Waals surface area contributed by atoms with Crippen molar-refractivity contribution in [3.63, 3.8) is 0 Å². The normalized spacial score (nSPS) is 13.8. The fourth-order valence-corrected chi connectivity index (χ4v) is 2.58. The molecule has 1 aromatic heterocycles. The number of rotatable bonds is 4. The Balaban J connectivity index is 2.09. The topological polar surface area (TPSA) is 27.1 Å². The van der Waals surface area contributed by atoms with E-state index in [1.165, 1.54) is 30.0 Å². The van der Waals surface area contributed by atoms with Gasteiger partial charge < -0.3 is 9.30 Å². The fraction of sp³-hybridized carbons (Fsp3) is 0.211. The summed E-state index contributed by atoms with van der Waals surface area (Å²) in [6.07, 6.45) is -3.22. The smallest absolute Gasteiger partial charge is 0.416 e. The van der Waals surface area contributed by atoms with Crippen molar-refractivity contribution in [2.24, 2.45) is 0 Å². The van der Waals surface area contributed by atoms with Crippen molar-refractivity contribution in [1.82, 2.24) is 9.55 Å². The zero-order chi connectivity index (χ0) is 20.5. The van der Waals surface area contributed by atoms with Crippen LogP contribution in [0.25, 0.3) is 11.4 Å². The minimum atomic E-state index is -4.45. The van der Waals surface area contributed by atoms with Gasteiger partial charge in [-0.05, 0) is 25.1 Å². The minimum Gasteiger partial charge on any atom is -0.496 e. The molecule has 1 heterocycles. The summed E-state index contributed by atoms with van der Waals surface area (Å²) in [5, 5.41) is 0. The van der Waals surface area contributed by atoms with Gasteiger partial charge in [0.2, 0.25) is 0 Å². The van der Waals surface area contributed by atoms with Crippen molar-refractivity contribution < 1.29 is 22.0 Å². The summed E-state index contributed by atoms with van der Waals surface area (Å²) in [4.78, 5) is 4.18. The summed E-state index contributed by atoms with van der Waals surface area (Å²) in [5.41, 5.74) is 0.323. The van der Waals surface area contributed by atoms with Gasteiger partial charge >= 0.3 is 6.18 Å². The van der Waals surface area contributed by atoms with Crippen LogP contribution in [-0.4, -0.2) is 16.7 Å². The van der Waals surface area contributed by atoms with Crippen molar-refractivity contribution in [2.45, 2.75) is 19.6 Å².